The summed E-state index contributed by atoms with van der Waals surface area (Å²) >= 11 is 8.10. The number of carbonyl (C=O) groups is 1. The predicted octanol–water partition coefficient (Wildman–Crippen LogP) is 3.91. The summed E-state index contributed by atoms with van der Waals surface area (Å²) in [6, 6.07) is 10.1. The van der Waals surface area contributed by atoms with Crippen LogP contribution in [0.15, 0.2) is 41.5 Å². The minimum absolute atomic E-state index is 0.0399. The number of hydrogen-bond donors (Lipinski definition) is 3. The van der Waals surface area contributed by atoms with Gasteiger partial charge in [0, 0.05) is 19.8 Å². The molecule has 0 fully saturated rings. The third-order valence-electron chi connectivity index (χ3n) is 3.32. The summed E-state index contributed by atoms with van der Waals surface area (Å²) in [5.41, 5.74) is 4.83. The molecule has 2 rings (SSSR count). The van der Waals surface area contributed by atoms with Gasteiger partial charge in [-0.1, -0.05) is 11.6 Å². The van der Waals surface area contributed by atoms with Crippen LogP contribution < -0.4 is 10.7 Å². The van der Waals surface area contributed by atoms with Crippen LogP contribution in [-0.2, 0) is 4.79 Å². The van der Waals surface area contributed by atoms with E-state index in [2.05, 4.69) is 38.4 Å². The zero-order chi connectivity index (χ0) is 17.7. The monoisotopic (exact) mass is 457 g/mol. The highest BCUT2D eigenvalue weighted by Crippen LogP contribution is 2.20. The van der Waals surface area contributed by atoms with Gasteiger partial charge in [-0.15, -0.1) is 0 Å². The Labute approximate surface area is 159 Å². The van der Waals surface area contributed by atoms with Crippen molar-refractivity contribution in [3.8, 4) is 5.75 Å². The highest BCUT2D eigenvalue weighted by Gasteiger charge is 2.12. The van der Waals surface area contributed by atoms with Crippen molar-refractivity contribution >= 4 is 52.0 Å². The summed E-state index contributed by atoms with van der Waals surface area (Å²) in [4.78, 5) is 12.1. The lowest BCUT2D eigenvalue weighted by molar-refractivity contribution is -0.121. The molecular weight excluding hydrogens is 441 g/mol. The van der Waals surface area contributed by atoms with E-state index in [0.29, 0.717) is 10.6 Å². The van der Waals surface area contributed by atoms with Crippen LogP contribution in [0.3, 0.4) is 0 Å². The van der Waals surface area contributed by atoms with E-state index >= 15 is 0 Å². The lowest BCUT2D eigenvalue weighted by atomic mass is 10.2. The number of halogens is 2. The van der Waals surface area contributed by atoms with Gasteiger partial charge in [0.15, 0.2) is 0 Å². The number of anilines is 1. The second-order valence-electron chi connectivity index (χ2n) is 5.26. The van der Waals surface area contributed by atoms with E-state index in [0.717, 1.165) is 14.8 Å². The summed E-state index contributed by atoms with van der Waals surface area (Å²) in [6.45, 7) is 3.73. The first kappa shape index (κ1) is 18.5. The molecule has 0 spiro atoms. The van der Waals surface area contributed by atoms with Crippen molar-refractivity contribution in [2.45, 2.75) is 19.9 Å². The summed E-state index contributed by atoms with van der Waals surface area (Å²) in [6.07, 6.45) is 1.35. The Bertz CT molecular complexity index is 780. The molecule has 0 saturated heterocycles. The molecule has 0 saturated carbocycles. The molecule has 0 aliphatic rings. The Balaban J connectivity index is 1.96. The molecule has 0 aliphatic carbocycles. The van der Waals surface area contributed by atoms with Crippen LogP contribution in [0.1, 0.15) is 18.1 Å². The number of aromatic hydroxyl groups is 1. The molecule has 1 unspecified atom stereocenters. The number of hydrogen-bond acceptors (Lipinski definition) is 4. The fourth-order valence-corrected chi connectivity index (χ4v) is 2.81. The number of carbonyl (C=O) groups excluding carboxylic acids is 1. The smallest absolute Gasteiger partial charge is 0.262 e. The van der Waals surface area contributed by atoms with E-state index < -0.39 is 6.04 Å². The summed E-state index contributed by atoms with van der Waals surface area (Å²) in [7, 11) is 0. The van der Waals surface area contributed by atoms with E-state index in [4.69, 9.17) is 11.6 Å². The molecule has 0 heterocycles. The highest BCUT2D eigenvalue weighted by molar-refractivity contribution is 14.1. The van der Waals surface area contributed by atoms with Gasteiger partial charge >= 0.3 is 0 Å². The Morgan fingerprint density at radius 1 is 1.33 bits per heavy atom. The summed E-state index contributed by atoms with van der Waals surface area (Å²) < 4.78 is 1.14. The largest absolute Gasteiger partial charge is 0.507 e. The molecule has 0 bridgehead atoms. The lowest BCUT2D eigenvalue weighted by Gasteiger charge is -2.15. The number of phenolic OH excluding ortho intramolecular Hbond substituents is 1. The van der Waals surface area contributed by atoms with E-state index in [1.54, 1.807) is 19.1 Å². The van der Waals surface area contributed by atoms with Crippen molar-refractivity contribution in [3.05, 3.63) is 56.1 Å². The van der Waals surface area contributed by atoms with Crippen molar-refractivity contribution in [1.29, 1.82) is 0 Å². The van der Waals surface area contributed by atoms with Gasteiger partial charge in [-0.2, -0.15) is 5.10 Å². The Hall–Kier alpha value is -1.80. The average Bonchev–Trinajstić information content (AvgIpc) is 2.53. The lowest BCUT2D eigenvalue weighted by Crippen LogP contribution is -2.35. The topological polar surface area (TPSA) is 73.7 Å². The highest BCUT2D eigenvalue weighted by atomic mass is 127. The predicted molar refractivity (Wildman–Crippen MR) is 106 cm³/mol. The maximum atomic E-state index is 12.1. The Morgan fingerprint density at radius 3 is 2.79 bits per heavy atom. The normalized spacial score (nSPS) is 12.2. The van der Waals surface area contributed by atoms with Gasteiger partial charge in [0.2, 0.25) is 0 Å². The van der Waals surface area contributed by atoms with Gasteiger partial charge in [0.1, 0.15) is 11.8 Å². The SMILES string of the molecule is Cc1cc(I)ccc1NC(C)C(=O)N/N=C/c1cc(Cl)ccc1O. The molecule has 0 radical (unpaired) electrons. The molecule has 1 atom stereocenters. The van der Waals surface area contributed by atoms with Crippen LogP contribution in [0.25, 0.3) is 0 Å². The first-order chi connectivity index (χ1) is 11.4. The molecule has 24 heavy (non-hydrogen) atoms. The van der Waals surface area contributed by atoms with Crippen molar-refractivity contribution in [3.63, 3.8) is 0 Å². The molecule has 0 aliphatic heterocycles. The standard InChI is InChI=1S/C17H17ClIN3O2/c1-10-7-14(19)4-5-15(10)21-11(2)17(24)22-20-9-12-8-13(18)3-6-16(12)23/h3-9,11,21,23H,1-2H3,(H,22,24)/b20-9+. The zero-order valence-electron chi connectivity index (χ0n) is 13.2. The van der Waals surface area contributed by atoms with E-state index in [-0.39, 0.29) is 11.7 Å². The van der Waals surface area contributed by atoms with Crippen LogP contribution in [0.5, 0.6) is 5.75 Å². The molecule has 2 aromatic rings. The molecular formula is C17H17ClIN3O2. The Kier molecular flexibility index (Phi) is 6.44. The van der Waals surface area contributed by atoms with Gasteiger partial charge in [-0.3, -0.25) is 4.79 Å². The third-order valence-corrected chi connectivity index (χ3v) is 4.23. The number of nitrogens with one attached hydrogen (secondary N) is 2. The minimum Gasteiger partial charge on any atom is -0.507 e. The molecule has 2 aromatic carbocycles. The van der Waals surface area contributed by atoms with Crippen molar-refractivity contribution < 1.29 is 9.90 Å². The fraction of sp³-hybridized carbons (Fsp3) is 0.176. The number of benzene rings is 2. The minimum atomic E-state index is -0.464. The third kappa shape index (κ3) is 5.10. The van der Waals surface area contributed by atoms with Crippen LogP contribution in [0.4, 0.5) is 5.69 Å². The number of nitrogens with zero attached hydrogens (tertiary/aromatic N) is 1. The molecule has 7 heteroatoms. The van der Waals surface area contributed by atoms with Gasteiger partial charge in [-0.25, -0.2) is 5.43 Å². The zero-order valence-corrected chi connectivity index (χ0v) is 16.1. The molecule has 126 valence electrons. The maximum absolute atomic E-state index is 12.1. The average molecular weight is 458 g/mol. The number of phenols is 1. The second kappa shape index (κ2) is 8.34. The van der Waals surface area contributed by atoms with E-state index in [1.807, 2.05) is 25.1 Å². The molecule has 0 aromatic heterocycles. The molecule has 5 nitrogen and oxygen atoms in total. The van der Waals surface area contributed by atoms with Crippen LogP contribution in [0, 0.1) is 10.5 Å². The van der Waals surface area contributed by atoms with Gasteiger partial charge in [0.25, 0.3) is 5.91 Å². The summed E-state index contributed by atoms with van der Waals surface area (Å²) in [5, 5.41) is 17.2. The van der Waals surface area contributed by atoms with E-state index in [9.17, 15) is 9.90 Å². The van der Waals surface area contributed by atoms with Crippen LogP contribution in [0.2, 0.25) is 5.02 Å². The quantitative estimate of drug-likeness (QED) is 0.362. The van der Waals surface area contributed by atoms with E-state index in [1.165, 1.54) is 12.3 Å². The van der Waals surface area contributed by atoms with Gasteiger partial charge < -0.3 is 10.4 Å². The first-order valence-corrected chi connectivity index (χ1v) is 8.66. The summed E-state index contributed by atoms with van der Waals surface area (Å²) in [5.74, 6) is -0.246. The van der Waals surface area contributed by atoms with Gasteiger partial charge in [0.05, 0.1) is 6.21 Å². The van der Waals surface area contributed by atoms with Crippen molar-refractivity contribution in [1.82, 2.24) is 5.43 Å². The van der Waals surface area contributed by atoms with Crippen molar-refractivity contribution in [2.24, 2.45) is 5.10 Å². The number of amides is 1. The fourth-order valence-electron chi connectivity index (χ4n) is 1.98. The maximum Gasteiger partial charge on any atom is 0.262 e. The number of hydrazone groups is 1. The number of rotatable bonds is 5. The van der Waals surface area contributed by atoms with Crippen LogP contribution >= 0.6 is 34.2 Å². The van der Waals surface area contributed by atoms with Crippen LogP contribution in [-0.4, -0.2) is 23.3 Å². The molecule has 1 amide bonds. The first-order valence-electron chi connectivity index (χ1n) is 7.21. The Morgan fingerprint density at radius 2 is 2.08 bits per heavy atom. The second-order valence-corrected chi connectivity index (χ2v) is 6.94. The molecule has 3 N–H and O–H groups in total. The van der Waals surface area contributed by atoms with Gasteiger partial charge in [-0.05, 0) is 78.4 Å². The number of aryl methyl sites for hydroxylation is 1. The van der Waals surface area contributed by atoms with Crippen molar-refractivity contribution in [2.75, 3.05) is 5.32 Å².